The smallest absolute Gasteiger partial charge is 0.355 e. The lowest BCUT2D eigenvalue weighted by atomic mass is 10.3. The Bertz CT molecular complexity index is 851. The highest BCUT2D eigenvalue weighted by atomic mass is 16.6. The Morgan fingerprint density at radius 2 is 1.88 bits per heavy atom. The maximum absolute atomic E-state index is 11.4. The van der Waals surface area contributed by atoms with Crippen molar-refractivity contribution in [2.24, 2.45) is 0 Å². The standard InChI is InChI=1S/C14H13N7O3/c1-9-7-11(20-24-9)17-13-12(21(22)23)14(16-8-15-13)19-18-10-5-3-2-4-6-10/h2-8,18H,1H3,(H2,15,16,17,19,20). The zero-order valence-corrected chi connectivity index (χ0v) is 12.6. The van der Waals surface area contributed by atoms with Crippen LogP contribution in [-0.4, -0.2) is 20.0 Å². The van der Waals surface area contributed by atoms with E-state index >= 15 is 0 Å². The Morgan fingerprint density at radius 3 is 2.54 bits per heavy atom. The number of nitro groups is 1. The summed E-state index contributed by atoms with van der Waals surface area (Å²) in [7, 11) is 0. The highest BCUT2D eigenvalue weighted by molar-refractivity contribution is 5.73. The molecule has 0 unspecified atom stereocenters. The number of anilines is 4. The minimum Gasteiger partial charge on any atom is -0.360 e. The van der Waals surface area contributed by atoms with Gasteiger partial charge in [0.2, 0.25) is 11.6 Å². The van der Waals surface area contributed by atoms with Crippen LogP contribution in [0.4, 0.5) is 28.8 Å². The summed E-state index contributed by atoms with van der Waals surface area (Å²) >= 11 is 0. The number of hydrogen-bond donors (Lipinski definition) is 3. The number of para-hydroxylation sites is 1. The lowest BCUT2D eigenvalue weighted by molar-refractivity contribution is -0.383. The van der Waals surface area contributed by atoms with E-state index in [-0.39, 0.29) is 17.3 Å². The predicted molar refractivity (Wildman–Crippen MR) is 86.9 cm³/mol. The van der Waals surface area contributed by atoms with Crippen molar-refractivity contribution in [3.8, 4) is 0 Å². The van der Waals surface area contributed by atoms with Crippen LogP contribution in [0.1, 0.15) is 5.76 Å². The zero-order chi connectivity index (χ0) is 16.9. The monoisotopic (exact) mass is 327 g/mol. The Balaban J connectivity index is 1.86. The molecule has 0 saturated carbocycles. The summed E-state index contributed by atoms with van der Waals surface area (Å²) in [6.45, 7) is 1.71. The summed E-state index contributed by atoms with van der Waals surface area (Å²) in [4.78, 5) is 18.7. The Kier molecular flexibility index (Phi) is 4.19. The van der Waals surface area contributed by atoms with E-state index in [2.05, 4.69) is 31.3 Å². The summed E-state index contributed by atoms with van der Waals surface area (Å²) in [5.41, 5.74) is 5.97. The van der Waals surface area contributed by atoms with E-state index in [0.29, 0.717) is 11.6 Å². The summed E-state index contributed by atoms with van der Waals surface area (Å²) < 4.78 is 4.92. The molecule has 2 heterocycles. The molecule has 0 spiro atoms. The molecule has 0 aliphatic heterocycles. The van der Waals surface area contributed by atoms with Gasteiger partial charge in [0, 0.05) is 6.07 Å². The molecular formula is C14H13N7O3. The quantitative estimate of drug-likeness (QED) is 0.462. The molecule has 3 N–H and O–H groups in total. The summed E-state index contributed by atoms with van der Waals surface area (Å²) in [6, 6.07) is 10.7. The molecule has 0 radical (unpaired) electrons. The second-order valence-corrected chi connectivity index (χ2v) is 4.74. The fraction of sp³-hybridized carbons (Fsp3) is 0.0714. The molecule has 2 aromatic heterocycles. The van der Waals surface area contributed by atoms with Crippen LogP contribution < -0.4 is 16.2 Å². The van der Waals surface area contributed by atoms with Crippen molar-refractivity contribution in [3.63, 3.8) is 0 Å². The number of nitrogens with zero attached hydrogens (tertiary/aromatic N) is 4. The van der Waals surface area contributed by atoms with E-state index in [9.17, 15) is 10.1 Å². The zero-order valence-electron chi connectivity index (χ0n) is 12.6. The normalized spacial score (nSPS) is 10.2. The molecule has 1 aromatic carbocycles. The summed E-state index contributed by atoms with van der Waals surface area (Å²) in [6.07, 6.45) is 1.21. The first-order valence-corrected chi connectivity index (χ1v) is 6.90. The van der Waals surface area contributed by atoms with Gasteiger partial charge in [-0.15, -0.1) is 0 Å². The molecule has 0 aliphatic rings. The van der Waals surface area contributed by atoms with Gasteiger partial charge in [0.15, 0.2) is 5.82 Å². The average molecular weight is 327 g/mol. The van der Waals surface area contributed by atoms with Gasteiger partial charge in [-0.25, -0.2) is 9.97 Å². The van der Waals surface area contributed by atoms with E-state index in [1.807, 2.05) is 18.2 Å². The second-order valence-electron chi connectivity index (χ2n) is 4.74. The van der Waals surface area contributed by atoms with Crippen molar-refractivity contribution in [2.75, 3.05) is 16.2 Å². The van der Waals surface area contributed by atoms with Crippen molar-refractivity contribution in [2.45, 2.75) is 6.92 Å². The van der Waals surface area contributed by atoms with Gasteiger partial charge in [0.25, 0.3) is 0 Å². The van der Waals surface area contributed by atoms with Crippen molar-refractivity contribution in [1.82, 2.24) is 15.1 Å². The summed E-state index contributed by atoms with van der Waals surface area (Å²) in [5, 5.41) is 17.9. The fourth-order valence-corrected chi connectivity index (χ4v) is 1.93. The number of rotatable bonds is 6. The Morgan fingerprint density at radius 1 is 1.12 bits per heavy atom. The third-order valence-corrected chi connectivity index (χ3v) is 2.98. The van der Waals surface area contributed by atoms with E-state index < -0.39 is 4.92 Å². The Hall–Kier alpha value is -3.69. The van der Waals surface area contributed by atoms with Crippen LogP contribution in [0.25, 0.3) is 0 Å². The maximum atomic E-state index is 11.4. The molecule has 0 amide bonds. The van der Waals surface area contributed by atoms with Crippen LogP contribution in [0.15, 0.2) is 47.2 Å². The molecule has 0 aliphatic carbocycles. The molecule has 3 rings (SSSR count). The van der Waals surface area contributed by atoms with E-state index in [4.69, 9.17) is 4.52 Å². The average Bonchev–Trinajstić information content (AvgIpc) is 2.98. The van der Waals surface area contributed by atoms with Crippen LogP contribution in [0.2, 0.25) is 0 Å². The van der Waals surface area contributed by atoms with Crippen molar-refractivity contribution < 1.29 is 9.45 Å². The van der Waals surface area contributed by atoms with Crippen molar-refractivity contribution in [3.05, 3.63) is 58.6 Å². The van der Waals surface area contributed by atoms with Crippen LogP contribution in [0, 0.1) is 17.0 Å². The van der Waals surface area contributed by atoms with Gasteiger partial charge >= 0.3 is 5.69 Å². The first-order valence-electron chi connectivity index (χ1n) is 6.90. The first-order chi connectivity index (χ1) is 11.6. The lowest BCUT2D eigenvalue weighted by Gasteiger charge is -2.10. The SMILES string of the molecule is Cc1cc(Nc2ncnc(NNc3ccccc3)c2[N+](=O)[O-])no1. The van der Waals surface area contributed by atoms with E-state index in [1.54, 1.807) is 25.1 Å². The highest BCUT2D eigenvalue weighted by Crippen LogP contribution is 2.30. The van der Waals surface area contributed by atoms with Gasteiger partial charge in [0.05, 0.1) is 10.6 Å². The molecule has 3 aromatic rings. The first kappa shape index (κ1) is 15.2. The molecule has 122 valence electrons. The van der Waals surface area contributed by atoms with Crippen molar-refractivity contribution in [1.29, 1.82) is 0 Å². The maximum Gasteiger partial charge on any atom is 0.355 e. The molecule has 10 heteroatoms. The third-order valence-electron chi connectivity index (χ3n) is 2.98. The molecule has 0 fully saturated rings. The van der Waals surface area contributed by atoms with Gasteiger partial charge in [-0.2, -0.15) is 0 Å². The van der Waals surface area contributed by atoms with Gasteiger partial charge < -0.3 is 9.84 Å². The minimum absolute atomic E-state index is 0.000613. The van der Waals surface area contributed by atoms with Crippen LogP contribution in [0.5, 0.6) is 0 Å². The molecule has 0 atom stereocenters. The topological polar surface area (TPSA) is 131 Å². The van der Waals surface area contributed by atoms with Gasteiger partial charge in [-0.1, -0.05) is 23.4 Å². The van der Waals surface area contributed by atoms with E-state index in [0.717, 1.165) is 5.69 Å². The number of hydrogen-bond acceptors (Lipinski definition) is 9. The number of nitrogens with one attached hydrogen (secondary N) is 3. The molecule has 0 saturated heterocycles. The van der Waals surface area contributed by atoms with Gasteiger partial charge in [-0.05, 0) is 19.1 Å². The number of aryl methyl sites for hydroxylation is 1. The van der Waals surface area contributed by atoms with Crippen LogP contribution >= 0.6 is 0 Å². The highest BCUT2D eigenvalue weighted by Gasteiger charge is 2.23. The minimum atomic E-state index is -0.579. The second kappa shape index (κ2) is 6.60. The number of hydrazine groups is 1. The molecule has 10 nitrogen and oxygen atoms in total. The lowest BCUT2D eigenvalue weighted by Crippen LogP contribution is -2.13. The molecule has 24 heavy (non-hydrogen) atoms. The third kappa shape index (κ3) is 3.38. The Labute approximate surface area is 136 Å². The van der Waals surface area contributed by atoms with Gasteiger partial charge in [0.1, 0.15) is 12.1 Å². The number of benzene rings is 1. The summed E-state index contributed by atoms with van der Waals surface area (Å²) in [5.74, 6) is 0.900. The largest absolute Gasteiger partial charge is 0.360 e. The van der Waals surface area contributed by atoms with Gasteiger partial charge in [-0.3, -0.25) is 21.0 Å². The van der Waals surface area contributed by atoms with Crippen LogP contribution in [0.3, 0.4) is 0 Å². The number of aromatic nitrogens is 3. The predicted octanol–water partition coefficient (Wildman–Crippen LogP) is 2.86. The molecular weight excluding hydrogens is 314 g/mol. The van der Waals surface area contributed by atoms with E-state index in [1.165, 1.54) is 6.33 Å². The van der Waals surface area contributed by atoms with Crippen LogP contribution in [-0.2, 0) is 0 Å². The van der Waals surface area contributed by atoms with Crippen molar-refractivity contribution >= 4 is 28.8 Å². The molecule has 0 bridgehead atoms. The fourth-order valence-electron chi connectivity index (χ4n) is 1.93.